The van der Waals surface area contributed by atoms with E-state index in [0.29, 0.717) is 30.4 Å². The number of nitrogens with one attached hydrogen (secondary N) is 2. The van der Waals surface area contributed by atoms with Crippen LogP contribution in [-0.2, 0) is 11.3 Å². The lowest BCUT2D eigenvalue weighted by atomic mass is 9.95. The number of nitrogens with zero attached hydrogens (tertiary/aromatic N) is 5. The van der Waals surface area contributed by atoms with Crippen molar-refractivity contribution in [1.82, 2.24) is 34.9 Å². The van der Waals surface area contributed by atoms with Crippen molar-refractivity contribution >= 4 is 22.9 Å². The maximum absolute atomic E-state index is 13.0. The van der Waals surface area contributed by atoms with Gasteiger partial charge in [-0.3, -0.25) is 9.78 Å². The fourth-order valence-corrected chi connectivity index (χ4v) is 6.23. The number of fused-ring (bicyclic) bond motifs is 1. The largest absolute Gasteiger partial charge is 0.465 e. The summed E-state index contributed by atoms with van der Waals surface area (Å²) in [5.74, 6) is 0.376. The molecule has 11 nitrogen and oxygen atoms in total. The average Bonchev–Trinajstić information content (AvgIpc) is 3.67. The van der Waals surface area contributed by atoms with E-state index in [1.165, 1.54) is 11.3 Å². The van der Waals surface area contributed by atoms with E-state index in [9.17, 15) is 14.7 Å². The molecule has 1 saturated heterocycles. The summed E-state index contributed by atoms with van der Waals surface area (Å²) in [6.07, 6.45) is 12.5. The number of ether oxygens (including phenoxy) is 1. The highest BCUT2D eigenvalue weighted by Gasteiger charge is 2.25. The molecule has 4 aromatic rings. The quantitative estimate of drug-likeness (QED) is 0.229. The first-order valence-corrected chi connectivity index (χ1v) is 15.3. The summed E-state index contributed by atoms with van der Waals surface area (Å²) in [5.41, 5.74) is 5.66. The van der Waals surface area contributed by atoms with Gasteiger partial charge in [-0.05, 0) is 74.8 Å². The van der Waals surface area contributed by atoms with E-state index in [0.717, 1.165) is 78.1 Å². The van der Waals surface area contributed by atoms with Gasteiger partial charge in [0.2, 0.25) is 0 Å². The van der Waals surface area contributed by atoms with Gasteiger partial charge in [-0.1, -0.05) is 25.3 Å². The van der Waals surface area contributed by atoms with Crippen molar-refractivity contribution in [3.05, 3.63) is 53.6 Å². The number of carboxylic acid groups (broad SMARTS) is 1. The van der Waals surface area contributed by atoms with Crippen LogP contribution in [0.3, 0.4) is 0 Å². The van der Waals surface area contributed by atoms with Crippen LogP contribution in [-0.4, -0.2) is 65.9 Å². The lowest BCUT2D eigenvalue weighted by Crippen LogP contribution is -2.36. The van der Waals surface area contributed by atoms with Gasteiger partial charge in [-0.25, -0.2) is 14.5 Å². The molecule has 3 N–H and O–H groups in total. The first-order valence-electron chi connectivity index (χ1n) is 15.3. The standard InChI is InChI=1S/C32H39N7O4/c1-3-38(32(41)42)19-22-16-33-17-25(20(22)2)21-12-13-27-24(15-21)29(37-39(27)28-11-7-8-14-43-28)30-34-18-26(36-30)31(40)35-23-9-5-4-6-10-23/h12-13,15-18,23,28H,3-11,14,19H2,1-2H3,(H,34,36)(H,35,40)(H,41,42). The van der Waals surface area contributed by atoms with E-state index in [1.54, 1.807) is 12.4 Å². The Labute approximate surface area is 250 Å². The Bertz CT molecular complexity index is 1620. The zero-order valence-electron chi connectivity index (χ0n) is 24.8. The normalized spacial score (nSPS) is 17.7. The van der Waals surface area contributed by atoms with Crippen molar-refractivity contribution in [2.24, 2.45) is 0 Å². The van der Waals surface area contributed by atoms with E-state index >= 15 is 0 Å². The highest BCUT2D eigenvalue weighted by atomic mass is 16.5. The number of benzene rings is 1. The van der Waals surface area contributed by atoms with Crippen LogP contribution in [0.2, 0.25) is 0 Å². The summed E-state index contributed by atoms with van der Waals surface area (Å²) >= 11 is 0. The first-order chi connectivity index (χ1) is 20.9. The fraction of sp³-hybridized carbons (Fsp3) is 0.469. The molecule has 2 amide bonds. The number of carbonyl (C=O) groups is 2. The number of amides is 2. The molecule has 4 heterocycles. The van der Waals surface area contributed by atoms with Crippen molar-refractivity contribution < 1.29 is 19.4 Å². The topological polar surface area (TPSA) is 138 Å². The summed E-state index contributed by atoms with van der Waals surface area (Å²) in [5, 5.41) is 18.6. The molecule has 1 aliphatic heterocycles. The van der Waals surface area contributed by atoms with E-state index in [-0.39, 0.29) is 24.7 Å². The number of rotatable bonds is 8. The Balaban J connectivity index is 1.38. The van der Waals surface area contributed by atoms with E-state index in [2.05, 4.69) is 26.3 Å². The molecule has 11 heteroatoms. The van der Waals surface area contributed by atoms with Crippen molar-refractivity contribution in [2.75, 3.05) is 13.2 Å². The molecule has 226 valence electrons. The van der Waals surface area contributed by atoms with Gasteiger partial charge < -0.3 is 25.0 Å². The minimum absolute atomic E-state index is 0.147. The minimum atomic E-state index is -0.957. The summed E-state index contributed by atoms with van der Waals surface area (Å²) in [4.78, 5) is 38.3. The number of hydrogen-bond acceptors (Lipinski definition) is 6. The van der Waals surface area contributed by atoms with Crippen molar-refractivity contribution in [3.8, 4) is 22.6 Å². The van der Waals surface area contributed by atoms with Gasteiger partial charge >= 0.3 is 6.09 Å². The van der Waals surface area contributed by atoms with Crippen LogP contribution in [0.15, 0.2) is 36.8 Å². The number of H-pyrrole nitrogens is 1. The Morgan fingerprint density at radius 2 is 1.93 bits per heavy atom. The van der Waals surface area contributed by atoms with Crippen LogP contribution in [0, 0.1) is 6.92 Å². The molecule has 1 aromatic carbocycles. The molecule has 1 atom stereocenters. The number of carbonyl (C=O) groups excluding carboxylic acids is 1. The molecular weight excluding hydrogens is 546 g/mol. The highest BCUT2D eigenvalue weighted by molar-refractivity contribution is 5.97. The maximum atomic E-state index is 13.0. The van der Waals surface area contributed by atoms with Crippen LogP contribution in [0.25, 0.3) is 33.5 Å². The van der Waals surface area contributed by atoms with Crippen LogP contribution in [0.1, 0.15) is 86.1 Å². The maximum Gasteiger partial charge on any atom is 0.407 e. The van der Waals surface area contributed by atoms with Gasteiger partial charge in [0, 0.05) is 42.5 Å². The molecule has 1 saturated carbocycles. The summed E-state index contributed by atoms with van der Waals surface area (Å²) in [7, 11) is 0. The molecule has 6 rings (SSSR count). The third-order valence-electron chi connectivity index (χ3n) is 8.76. The molecule has 2 fully saturated rings. The number of imidazole rings is 1. The fourth-order valence-electron chi connectivity index (χ4n) is 6.23. The van der Waals surface area contributed by atoms with Crippen molar-refractivity contribution in [2.45, 2.75) is 84.0 Å². The second-order valence-corrected chi connectivity index (χ2v) is 11.6. The molecule has 0 spiro atoms. The third-order valence-corrected chi connectivity index (χ3v) is 8.76. The van der Waals surface area contributed by atoms with Crippen molar-refractivity contribution in [1.29, 1.82) is 0 Å². The number of aromatic amines is 1. The lowest BCUT2D eigenvalue weighted by Gasteiger charge is -2.23. The monoisotopic (exact) mass is 585 g/mol. The summed E-state index contributed by atoms with van der Waals surface area (Å²) in [6, 6.07) is 6.36. The Morgan fingerprint density at radius 3 is 2.67 bits per heavy atom. The second-order valence-electron chi connectivity index (χ2n) is 11.6. The van der Waals surface area contributed by atoms with Gasteiger partial charge in [0.05, 0.1) is 18.3 Å². The predicted molar refractivity (Wildman–Crippen MR) is 163 cm³/mol. The number of aromatic nitrogens is 5. The molecule has 43 heavy (non-hydrogen) atoms. The SMILES string of the molecule is CCN(Cc1cncc(-c2ccc3c(c2)c(-c2ncc(C(=O)NC4CCCCC4)[nH]2)nn3C2CCCCO2)c1C)C(=O)O. The average molecular weight is 586 g/mol. The third kappa shape index (κ3) is 5.99. The van der Waals surface area contributed by atoms with Gasteiger partial charge in [0.25, 0.3) is 5.91 Å². The molecular formula is C32H39N7O4. The molecule has 1 aliphatic carbocycles. The smallest absolute Gasteiger partial charge is 0.407 e. The van der Waals surface area contributed by atoms with Gasteiger partial charge in [-0.15, -0.1) is 0 Å². The van der Waals surface area contributed by atoms with E-state index in [1.807, 2.05) is 36.9 Å². The van der Waals surface area contributed by atoms with Gasteiger partial charge in [0.1, 0.15) is 11.4 Å². The van der Waals surface area contributed by atoms with Crippen LogP contribution in [0.4, 0.5) is 4.79 Å². The molecule has 0 bridgehead atoms. The minimum Gasteiger partial charge on any atom is -0.465 e. The zero-order valence-corrected chi connectivity index (χ0v) is 24.8. The predicted octanol–water partition coefficient (Wildman–Crippen LogP) is 6.06. The second kappa shape index (κ2) is 12.5. The van der Waals surface area contributed by atoms with Crippen molar-refractivity contribution in [3.63, 3.8) is 0 Å². The first kappa shape index (κ1) is 28.9. The van der Waals surface area contributed by atoms with Gasteiger partial charge in [-0.2, -0.15) is 5.10 Å². The Kier molecular flexibility index (Phi) is 8.42. The molecule has 0 radical (unpaired) electrons. The molecule has 2 aliphatic rings. The molecule has 3 aromatic heterocycles. The van der Waals surface area contributed by atoms with Gasteiger partial charge in [0.15, 0.2) is 12.1 Å². The van der Waals surface area contributed by atoms with Crippen LogP contribution in [0.5, 0.6) is 0 Å². The van der Waals surface area contributed by atoms with E-state index in [4.69, 9.17) is 9.84 Å². The lowest BCUT2D eigenvalue weighted by molar-refractivity contribution is -0.0365. The number of hydrogen-bond donors (Lipinski definition) is 3. The van der Waals surface area contributed by atoms with E-state index < -0.39 is 6.09 Å². The summed E-state index contributed by atoms with van der Waals surface area (Å²) < 4.78 is 8.04. The van der Waals surface area contributed by atoms with Crippen LogP contribution < -0.4 is 5.32 Å². The molecule has 1 unspecified atom stereocenters. The number of pyridine rings is 1. The summed E-state index contributed by atoms with van der Waals surface area (Å²) in [6.45, 7) is 5.16. The Morgan fingerprint density at radius 1 is 1.12 bits per heavy atom. The van der Waals surface area contributed by atoms with Crippen LogP contribution >= 0.6 is 0 Å². The highest BCUT2D eigenvalue weighted by Crippen LogP contribution is 2.35. The zero-order chi connectivity index (χ0) is 29.9. The Hall–Kier alpha value is -4.25.